The van der Waals surface area contributed by atoms with Gasteiger partial charge in [0.2, 0.25) is 11.9 Å². The second-order valence-corrected chi connectivity index (χ2v) is 7.70. The van der Waals surface area contributed by atoms with Crippen LogP contribution in [-0.2, 0) is 9.53 Å². The fourth-order valence-electron chi connectivity index (χ4n) is 3.01. The summed E-state index contributed by atoms with van der Waals surface area (Å²) in [5, 5.41) is 5.96. The number of hydrogen-bond acceptors (Lipinski definition) is 10. The molecule has 0 aliphatic heterocycles. The molecule has 0 aliphatic carbocycles. The first-order valence-electron chi connectivity index (χ1n) is 10.4. The molecule has 0 aromatic carbocycles. The van der Waals surface area contributed by atoms with Crippen LogP contribution in [0.3, 0.4) is 0 Å². The molecule has 12 nitrogen and oxygen atoms in total. The number of ether oxygens (including phenoxy) is 2. The highest BCUT2D eigenvalue weighted by atomic mass is 16.5. The summed E-state index contributed by atoms with van der Waals surface area (Å²) in [7, 11) is 2.96. The second kappa shape index (κ2) is 10.7. The van der Waals surface area contributed by atoms with Crippen LogP contribution in [0.2, 0.25) is 0 Å². The van der Waals surface area contributed by atoms with Crippen LogP contribution in [0.1, 0.15) is 32.5 Å². The third kappa shape index (κ3) is 5.92. The lowest BCUT2D eigenvalue weighted by atomic mass is 10.2. The van der Waals surface area contributed by atoms with Crippen LogP contribution in [-0.4, -0.2) is 69.2 Å². The molecule has 12 heteroatoms. The first kappa shape index (κ1) is 23.9. The predicted octanol–water partition coefficient (Wildman–Crippen LogP) is 1.60. The van der Waals surface area contributed by atoms with Gasteiger partial charge in [0.1, 0.15) is 23.8 Å². The Hall–Kier alpha value is -3.80. The minimum Gasteiger partial charge on any atom is -0.478 e. The number of nitrogens with two attached hydrogens (primary N) is 1. The van der Waals surface area contributed by atoms with Gasteiger partial charge in [-0.3, -0.25) is 4.79 Å². The van der Waals surface area contributed by atoms with Crippen molar-refractivity contribution in [3.8, 4) is 28.7 Å². The number of aromatic nitrogens is 6. The normalized spacial score (nSPS) is 11.9. The third-order valence-electron chi connectivity index (χ3n) is 4.63. The van der Waals surface area contributed by atoms with Gasteiger partial charge in [-0.05, 0) is 13.0 Å². The van der Waals surface area contributed by atoms with Crippen LogP contribution >= 0.6 is 0 Å². The number of H-pyrrole nitrogens is 1. The highest BCUT2D eigenvalue weighted by Gasteiger charge is 2.20. The molecule has 0 unspecified atom stereocenters. The summed E-state index contributed by atoms with van der Waals surface area (Å²) in [6, 6.07) is 1.63. The van der Waals surface area contributed by atoms with Gasteiger partial charge in [0, 0.05) is 31.8 Å². The molecule has 0 saturated carbocycles. The number of nitrogens with zero attached hydrogens (tertiary/aromatic N) is 5. The van der Waals surface area contributed by atoms with Crippen LogP contribution < -0.4 is 21.1 Å². The van der Waals surface area contributed by atoms with Gasteiger partial charge in [0.15, 0.2) is 5.82 Å². The van der Waals surface area contributed by atoms with Crippen molar-refractivity contribution in [1.82, 2.24) is 35.2 Å². The van der Waals surface area contributed by atoms with Crippen LogP contribution in [0.25, 0.3) is 22.8 Å². The Bertz CT molecular complexity index is 1100. The van der Waals surface area contributed by atoms with Crippen LogP contribution in [0, 0.1) is 0 Å². The molecular formula is C21H29N9O3. The lowest BCUT2D eigenvalue weighted by Gasteiger charge is -2.14. The van der Waals surface area contributed by atoms with Gasteiger partial charge in [0.05, 0.1) is 24.7 Å². The quantitative estimate of drug-likeness (QED) is 0.353. The average molecular weight is 456 g/mol. The average Bonchev–Trinajstić information content (AvgIpc) is 3.24. The summed E-state index contributed by atoms with van der Waals surface area (Å²) in [5.41, 5.74) is 8.19. The van der Waals surface area contributed by atoms with E-state index in [1.807, 2.05) is 20.8 Å². The Morgan fingerprint density at radius 2 is 1.94 bits per heavy atom. The van der Waals surface area contributed by atoms with E-state index in [0.29, 0.717) is 35.3 Å². The summed E-state index contributed by atoms with van der Waals surface area (Å²) in [5.74, 6) is 1.57. The minimum atomic E-state index is -0.190. The van der Waals surface area contributed by atoms with E-state index in [4.69, 9.17) is 20.2 Å². The summed E-state index contributed by atoms with van der Waals surface area (Å²) >= 11 is 0. The van der Waals surface area contributed by atoms with Gasteiger partial charge < -0.3 is 30.8 Å². The van der Waals surface area contributed by atoms with Gasteiger partial charge in [-0.1, -0.05) is 13.8 Å². The standard InChI is InChI=1S/C21H29N9O3/c1-11(2)19-29-16(17(30-19)14-9-24-18(22)20(27-14)33-5)13-6-7-23-21(28-13)25-8-12(3)26-15(31)10-32-4/h6-7,9,11-12H,8,10H2,1-5H3,(H2,22,24)(H,26,31)(H,29,30)(H,23,25,28)/t12-/m0/s1. The van der Waals surface area contributed by atoms with Crippen molar-refractivity contribution in [3.05, 3.63) is 24.3 Å². The van der Waals surface area contributed by atoms with Crippen molar-refractivity contribution in [3.63, 3.8) is 0 Å². The smallest absolute Gasteiger partial charge is 0.257 e. The number of imidazole rings is 1. The zero-order valence-electron chi connectivity index (χ0n) is 19.3. The largest absolute Gasteiger partial charge is 0.478 e. The topological polar surface area (TPSA) is 166 Å². The first-order valence-corrected chi connectivity index (χ1v) is 10.4. The van der Waals surface area contributed by atoms with Gasteiger partial charge in [-0.25, -0.2) is 24.9 Å². The first-order chi connectivity index (χ1) is 15.8. The van der Waals surface area contributed by atoms with Gasteiger partial charge in [0.25, 0.3) is 5.88 Å². The molecule has 3 rings (SSSR count). The molecule has 0 bridgehead atoms. The van der Waals surface area contributed by atoms with Gasteiger partial charge >= 0.3 is 0 Å². The van der Waals surface area contributed by atoms with E-state index in [-0.39, 0.29) is 36.2 Å². The molecular weight excluding hydrogens is 426 g/mol. The summed E-state index contributed by atoms with van der Waals surface area (Å²) in [6.45, 7) is 6.39. The lowest BCUT2D eigenvalue weighted by molar-refractivity contribution is -0.125. The zero-order chi connectivity index (χ0) is 24.0. The number of carbonyl (C=O) groups excluding carboxylic acids is 1. The maximum absolute atomic E-state index is 11.7. The third-order valence-corrected chi connectivity index (χ3v) is 4.63. The number of amides is 1. The lowest BCUT2D eigenvalue weighted by Crippen LogP contribution is -2.39. The van der Waals surface area contributed by atoms with E-state index in [0.717, 1.165) is 5.82 Å². The minimum absolute atomic E-state index is 0.00985. The predicted molar refractivity (Wildman–Crippen MR) is 124 cm³/mol. The Kier molecular flexibility index (Phi) is 7.72. The van der Waals surface area contributed by atoms with E-state index in [9.17, 15) is 4.79 Å². The molecule has 1 atom stereocenters. The number of aromatic amines is 1. The number of hydrogen-bond donors (Lipinski definition) is 4. The second-order valence-electron chi connectivity index (χ2n) is 7.70. The number of anilines is 2. The highest BCUT2D eigenvalue weighted by Crippen LogP contribution is 2.31. The Balaban J connectivity index is 1.88. The van der Waals surface area contributed by atoms with Crippen molar-refractivity contribution < 1.29 is 14.3 Å². The van der Waals surface area contributed by atoms with Crippen LogP contribution in [0.4, 0.5) is 11.8 Å². The van der Waals surface area contributed by atoms with Crippen molar-refractivity contribution in [1.29, 1.82) is 0 Å². The molecule has 3 aromatic heterocycles. The monoisotopic (exact) mass is 455 g/mol. The van der Waals surface area contributed by atoms with Crippen molar-refractivity contribution in [2.75, 3.05) is 38.4 Å². The van der Waals surface area contributed by atoms with Crippen LogP contribution in [0.15, 0.2) is 18.5 Å². The SMILES string of the molecule is COCC(=O)N[C@@H](C)CNc1nccc(-c2[nH]c(C(C)C)nc2-c2cnc(N)c(OC)n2)n1. The maximum atomic E-state index is 11.7. The number of nitrogen functional groups attached to an aromatic ring is 1. The number of carbonyl (C=O) groups is 1. The zero-order valence-corrected chi connectivity index (χ0v) is 19.3. The van der Waals surface area contributed by atoms with Crippen molar-refractivity contribution in [2.24, 2.45) is 0 Å². The fraction of sp³-hybridized carbons (Fsp3) is 0.429. The van der Waals surface area contributed by atoms with Gasteiger partial charge in [-0.15, -0.1) is 0 Å². The summed E-state index contributed by atoms with van der Waals surface area (Å²) < 4.78 is 10.0. The Labute approximate surface area is 191 Å². The molecule has 3 heterocycles. The van der Waals surface area contributed by atoms with E-state index < -0.39 is 0 Å². The molecule has 5 N–H and O–H groups in total. The number of nitrogens with one attached hydrogen (secondary N) is 3. The molecule has 0 fully saturated rings. The van der Waals surface area contributed by atoms with E-state index in [1.54, 1.807) is 18.5 Å². The number of rotatable bonds is 10. The van der Waals surface area contributed by atoms with Crippen molar-refractivity contribution >= 4 is 17.7 Å². The number of methoxy groups -OCH3 is 2. The van der Waals surface area contributed by atoms with E-state index in [1.165, 1.54) is 14.2 Å². The molecule has 0 aliphatic rings. The molecule has 0 radical (unpaired) electrons. The highest BCUT2D eigenvalue weighted by molar-refractivity contribution is 5.77. The Morgan fingerprint density at radius 3 is 2.64 bits per heavy atom. The molecule has 176 valence electrons. The van der Waals surface area contributed by atoms with Gasteiger partial charge in [-0.2, -0.15) is 0 Å². The van der Waals surface area contributed by atoms with Crippen LogP contribution in [0.5, 0.6) is 5.88 Å². The summed E-state index contributed by atoms with van der Waals surface area (Å²) in [6.07, 6.45) is 3.19. The Morgan fingerprint density at radius 1 is 1.15 bits per heavy atom. The molecule has 3 aromatic rings. The molecule has 0 saturated heterocycles. The molecule has 0 spiro atoms. The maximum Gasteiger partial charge on any atom is 0.257 e. The van der Waals surface area contributed by atoms with E-state index in [2.05, 4.69) is 35.6 Å². The van der Waals surface area contributed by atoms with Crippen molar-refractivity contribution in [2.45, 2.75) is 32.7 Å². The fourth-order valence-corrected chi connectivity index (χ4v) is 3.01. The summed E-state index contributed by atoms with van der Waals surface area (Å²) in [4.78, 5) is 37.2. The molecule has 33 heavy (non-hydrogen) atoms. The molecule has 1 amide bonds. The van der Waals surface area contributed by atoms with E-state index >= 15 is 0 Å².